The Morgan fingerprint density at radius 3 is 1.00 bits per heavy atom. The van der Waals surface area contributed by atoms with Crippen molar-refractivity contribution in [1.29, 1.82) is 0 Å². The van der Waals surface area contributed by atoms with Gasteiger partial charge < -0.3 is 0 Å². The third-order valence-electron chi connectivity index (χ3n) is 0. The third kappa shape index (κ3) is 8.82. The van der Waals surface area contributed by atoms with Crippen LogP contribution in [0, 0.1) is 0 Å². The van der Waals surface area contributed by atoms with Crippen molar-refractivity contribution in [2.24, 2.45) is 0 Å². The summed E-state index contributed by atoms with van der Waals surface area (Å²) in [5, 5.41) is 0. The van der Waals surface area contributed by atoms with Gasteiger partial charge in [0.2, 0.25) is 0 Å². The van der Waals surface area contributed by atoms with Gasteiger partial charge in [-0.1, -0.05) is 0 Å². The van der Waals surface area contributed by atoms with Crippen LogP contribution in [0.25, 0.3) is 0 Å². The number of rotatable bonds is 0. The largest absolute Gasteiger partial charge is 0 e. The predicted octanol–water partition coefficient (Wildman–Crippen LogP) is -1.46. The van der Waals surface area contributed by atoms with E-state index in [2.05, 4.69) is 0 Å². The SMILES string of the molecule is [Cr].[Cu].[SnH4].[Ti]. The Morgan fingerprint density at radius 2 is 1.00 bits per heavy atom. The maximum absolute atomic E-state index is 0. The molecule has 0 heterocycles. The van der Waals surface area contributed by atoms with E-state index in [1.54, 1.807) is 0 Å². The fraction of sp³-hybridized carbons (Fsp3) is 0. The van der Waals surface area contributed by atoms with Crippen LogP contribution in [0.2, 0.25) is 0 Å². The standard InChI is InChI=1S/Cr.Cu.Sn.Ti.4H. The second-order valence-corrected chi connectivity index (χ2v) is 0. The minimum absolute atomic E-state index is 0. The topological polar surface area (TPSA) is 0 Å². The number of hydrogen-bond donors (Lipinski definition) is 0. The third-order valence-corrected chi connectivity index (χ3v) is 0. The Hall–Kier alpha value is 2.56. The molecule has 0 aliphatic heterocycles. The summed E-state index contributed by atoms with van der Waals surface area (Å²) in [5.74, 6) is 0. The van der Waals surface area contributed by atoms with Crippen LogP contribution < -0.4 is 0 Å². The van der Waals surface area contributed by atoms with Crippen LogP contribution in [-0.2, 0) is 56.1 Å². The molecule has 0 aromatic carbocycles. The Balaban J connectivity index is 0. The van der Waals surface area contributed by atoms with Crippen LogP contribution >= 0.6 is 0 Å². The molecule has 0 spiro atoms. The summed E-state index contributed by atoms with van der Waals surface area (Å²) in [5.41, 5.74) is 0. The normalized spacial score (nSPS) is 0. The minimum atomic E-state index is 0. The van der Waals surface area contributed by atoms with Crippen molar-refractivity contribution in [2.75, 3.05) is 0 Å². The van der Waals surface area contributed by atoms with Gasteiger partial charge >= 0.3 is 23.9 Å². The summed E-state index contributed by atoms with van der Waals surface area (Å²) >= 11 is 0. The van der Waals surface area contributed by atoms with Crippen molar-refractivity contribution < 1.29 is 56.1 Å². The quantitative estimate of drug-likeness (QED) is 0.478. The van der Waals surface area contributed by atoms with Gasteiger partial charge in [0.1, 0.15) is 0 Å². The Kier molecular flexibility index (Phi) is 136. The molecule has 0 saturated carbocycles. The van der Waals surface area contributed by atoms with Crippen molar-refractivity contribution in [3.63, 3.8) is 0 Å². The van der Waals surface area contributed by atoms with Gasteiger partial charge in [0.15, 0.2) is 0 Å². The molecule has 0 saturated heterocycles. The van der Waals surface area contributed by atoms with E-state index in [4.69, 9.17) is 0 Å². The van der Waals surface area contributed by atoms with Crippen LogP contribution in [0.5, 0.6) is 0 Å². The molecule has 0 rings (SSSR count). The van der Waals surface area contributed by atoms with Gasteiger partial charge in [-0.2, -0.15) is 0 Å². The van der Waals surface area contributed by atoms with Crippen molar-refractivity contribution in [1.82, 2.24) is 0 Å². The molecular weight excluding hydrogens is 282 g/mol. The van der Waals surface area contributed by atoms with E-state index in [0.29, 0.717) is 0 Å². The van der Waals surface area contributed by atoms with Crippen LogP contribution in [0.1, 0.15) is 0 Å². The zero-order valence-electron chi connectivity index (χ0n) is 1.21. The number of hydrogen-bond acceptors (Lipinski definition) is 0. The summed E-state index contributed by atoms with van der Waals surface area (Å²) < 4.78 is 0. The molecule has 1 radical (unpaired) electrons. The van der Waals surface area contributed by atoms with Gasteiger partial charge in [-0.05, 0) is 0 Å². The van der Waals surface area contributed by atoms with E-state index in [9.17, 15) is 0 Å². The average molecular weight is 286 g/mol. The smallest absolute Gasteiger partial charge is 0 e. The van der Waals surface area contributed by atoms with Gasteiger partial charge in [-0.25, -0.2) is 0 Å². The van der Waals surface area contributed by atoms with Gasteiger partial charge in [-0.15, -0.1) is 0 Å². The first-order valence-electron chi connectivity index (χ1n) is 0. The van der Waals surface area contributed by atoms with Crippen LogP contribution in [0.3, 0.4) is 0 Å². The summed E-state index contributed by atoms with van der Waals surface area (Å²) in [6.45, 7) is 0. The van der Waals surface area contributed by atoms with Crippen molar-refractivity contribution >= 4 is 23.9 Å². The van der Waals surface area contributed by atoms with E-state index in [0.717, 1.165) is 0 Å². The molecule has 4 heteroatoms. The van der Waals surface area contributed by atoms with Crippen molar-refractivity contribution in [3.05, 3.63) is 0 Å². The predicted molar refractivity (Wildman–Crippen MR) is 11.3 cm³/mol. The zero-order chi connectivity index (χ0) is 0. The summed E-state index contributed by atoms with van der Waals surface area (Å²) in [7, 11) is 0. The van der Waals surface area contributed by atoms with Crippen LogP contribution in [-0.4, -0.2) is 23.9 Å². The monoisotopic (exact) mass is 287 g/mol. The van der Waals surface area contributed by atoms with Gasteiger partial charge in [0, 0.05) is 56.1 Å². The molecule has 0 fully saturated rings. The molecule has 4 heavy (non-hydrogen) atoms. The van der Waals surface area contributed by atoms with E-state index < -0.39 is 0 Å². The first-order chi connectivity index (χ1) is 0. The molecule has 0 aliphatic rings. The zero-order valence-corrected chi connectivity index (χ0v) is 4.99. The van der Waals surface area contributed by atoms with E-state index in [1.807, 2.05) is 0 Å². The first kappa shape index (κ1) is 30.9. The molecule has 0 aromatic heterocycles. The van der Waals surface area contributed by atoms with Gasteiger partial charge in [-0.3, -0.25) is 0 Å². The second-order valence-electron chi connectivity index (χ2n) is 0. The molecule has 0 bridgehead atoms. The first-order valence-corrected chi connectivity index (χ1v) is 0. The maximum Gasteiger partial charge on any atom is 0 e. The Labute approximate surface area is 78.9 Å². The van der Waals surface area contributed by atoms with E-state index in [-0.39, 0.29) is 80.1 Å². The van der Waals surface area contributed by atoms with Gasteiger partial charge in [0.05, 0.1) is 0 Å². The molecule has 0 atom stereocenters. The molecule has 0 aromatic rings. The molecule has 29 valence electrons. The average Bonchev–Trinajstić information content (AvgIpc) is 0. The molecular formula is H4CrCuSnTi. The van der Waals surface area contributed by atoms with Crippen LogP contribution in [0.4, 0.5) is 0 Å². The van der Waals surface area contributed by atoms with Crippen molar-refractivity contribution in [3.8, 4) is 0 Å². The van der Waals surface area contributed by atoms with Crippen LogP contribution in [0.15, 0.2) is 0 Å². The maximum atomic E-state index is 0. The molecule has 0 nitrogen and oxygen atoms in total. The van der Waals surface area contributed by atoms with Crippen molar-refractivity contribution in [2.45, 2.75) is 0 Å². The molecule has 0 amide bonds. The Bertz CT molecular complexity index is 8.00. The van der Waals surface area contributed by atoms with E-state index in [1.165, 1.54) is 0 Å². The van der Waals surface area contributed by atoms with Gasteiger partial charge in [0.25, 0.3) is 0 Å². The summed E-state index contributed by atoms with van der Waals surface area (Å²) in [4.78, 5) is 0. The molecule has 0 N–H and O–H groups in total. The molecule has 0 aliphatic carbocycles. The minimum Gasteiger partial charge on any atom is 0 e. The van der Waals surface area contributed by atoms with E-state index >= 15 is 0 Å². The fourth-order valence-electron chi connectivity index (χ4n) is 0. The second kappa shape index (κ2) is 17.6. The summed E-state index contributed by atoms with van der Waals surface area (Å²) in [6.07, 6.45) is 0. The Morgan fingerprint density at radius 1 is 1.00 bits per heavy atom. The fourth-order valence-corrected chi connectivity index (χ4v) is 0. The summed E-state index contributed by atoms with van der Waals surface area (Å²) in [6, 6.07) is 0. The molecule has 0 unspecified atom stereocenters.